The molecule has 1 aromatic carbocycles. The average molecular weight is 327 g/mol. The number of benzene rings is 1. The summed E-state index contributed by atoms with van der Waals surface area (Å²) in [4.78, 5) is 11.1. The van der Waals surface area contributed by atoms with E-state index in [9.17, 15) is 9.18 Å². The molecule has 17 heavy (non-hydrogen) atoms. The highest BCUT2D eigenvalue weighted by atomic mass is 79.9. The Morgan fingerprint density at radius 1 is 1.59 bits per heavy atom. The molecule has 0 saturated heterocycles. The van der Waals surface area contributed by atoms with E-state index in [1.54, 1.807) is 0 Å². The minimum atomic E-state index is -1.57. The van der Waals surface area contributed by atoms with Crippen LogP contribution in [0.4, 0.5) is 4.39 Å². The SMILES string of the molecule is Cl.NC1(C(=O)O)CCOc2c1ccc(Br)c2F. The van der Waals surface area contributed by atoms with E-state index in [1.165, 1.54) is 12.1 Å². The summed E-state index contributed by atoms with van der Waals surface area (Å²) in [6.07, 6.45) is 0.121. The summed E-state index contributed by atoms with van der Waals surface area (Å²) in [5, 5.41) is 9.09. The lowest BCUT2D eigenvalue weighted by Gasteiger charge is -2.32. The lowest BCUT2D eigenvalue weighted by atomic mass is 9.85. The topological polar surface area (TPSA) is 72.6 Å². The first-order chi connectivity index (χ1) is 7.47. The Kier molecular flexibility index (Phi) is 4.01. The molecule has 3 N–H and O–H groups in total. The number of carbonyl (C=O) groups is 1. The van der Waals surface area contributed by atoms with E-state index in [0.29, 0.717) is 0 Å². The maximum absolute atomic E-state index is 13.7. The van der Waals surface area contributed by atoms with Gasteiger partial charge in [-0.2, -0.15) is 0 Å². The quantitative estimate of drug-likeness (QED) is 0.828. The highest BCUT2D eigenvalue weighted by molar-refractivity contribution is 9.10. The van der Waals surface area contributed by atoms with Crippen LogP contribution >= 0.6 is 28.3 Å². The van der Waals surface area contributed by atoms with E-state index in [4.69, 9.17) is 15.6 Å². The predicted molar refractivity (Wildman–Crippen MR) is 65.0 cm³/mol. The second kappa shape index (κ2) is 4.80. The van der Waals surface area contributed by atoms with Gasteiger partial charge in [0.25, 0.3) is 0 Å². The van der Waals surface area contributed by atoms with Crippen molar-refractivity contribution in [1.29, 1.82) is 0 Å². The van der Waals surface area contributed by atoms with Gasteiger partial charge >= 0.3 is 5.97 Å². The molecule has 0 spiro atoms. The van der Waals surface area contributed by atoms with Gasteiger partial charge in [-0.25, -0.2) is 9.18 Å². The Labute approximate surface area is 111 Å². The van der Waals surface area contributed by atoms with E-state index in [0.717, 1.165) is 0 Å². The van der Waals surface area contributed by atoms with Crippen LogP contribution in [-0.2, 0) is 10.3 Å². The summed E-state index contributed by atoms with van der Waals surface area (Å²) < 4.78 is 19.0. The molecule has 0 saturated carbocycles. The van der Waals surface area contributed by atoms with Crippen molar-refractivity contribution in [3.63, 3.8) is 0 Å². The number of aliphatic carboxylic acids is 1. The van der Waals surface area contributed by atoms with Gasteiger partial charge in [-0.15, -0.1) is 12.4 Å². The second-order valence-electron chi connectivity index (χ2n) is 3.61. The first-order valence-electron chi connectivity index (χ1n) is 4.60. The molecule has 1 aliphatic heterocycles. The van der Waals surface area contributed by atoms with Crippen molar-refractivity contribution in [3.05, 3.63) is 28.0 Å². The molecule has 1 atom stereocenters. The van der Waals surface area contributed by atoms with Gasteiger partial charge in [-0.1, -0.05) is 6.07 Å². The molecule has 1 aliphatic rings. The van der Waals surface area contributed by atoms with Gasteiger partial charge in [0.1, 0.15) is 5.54 Å². The monoisotopic (exact) mass is 325 g/mol. The summed E-state index contributed by atoms with van der Waals surface area (Å²) in [6, 6.07) is 2.89. The normalized spacial score (nSPS) is 22.1. The van der Waals surface area contributed by atoms with Crippen LogP contribution in [0, 0.1) is 5.82 Å². The van der Waals surface area contributed by atoms with Crippen LogP contribution in [0.1, 0.15) is 12.0 Å². The first kappa shape index (κ1) is 14.2. The van der Waals surface area contributed by atoms with Crippen LogP contribution in [0.2, 0.25) is 0 Å². The van der Waals surface area contributed by atoms with Gasteiger partial charge in [0.2, 0.25) is 0 Å². The van der Waals surface area contributed by atoms with Crippen molar-refractivity contribution >= 4 is 34.3 Å². The molecule has 0 aromatic heterocycles. The summed E-state index contributed by atoms with van der Waals surface area (Å²) in [7, 11) is 0. The lowest BCUT2D eigenvalue weighted by molar-refractivity contribution is -0.145. The number of carboxylic acids is 1. The summed E-state index contributed by atoms with van der Waals surface area (Å²) in [5.74, 6) is -1.88. The Morgan fingerprint density at radius 2 is 2.24 bits per heavy atom. The molecule has 0 amide bonds. The van der Waals surface area contributed by atoms with Gasteiger partial charge in [0.05, 0.1) is 11.1 Å². The smallest absolute Gasteiger partial charge is 0.328 e. The summed E-state index contributed by atoms with van der Waals surface area (Å²) in [6.45, 7) is 0.0865. The Bertz CT molecular complexity index is 471. The fraction of sp³-hybridized carbons (Fsp3) is 0.300. The Hall–Kier alpha value is -0.850. The van der Waals surface area contributed by atoms with E-state index in [2.05, 4.69) is 15.9 Å². The van der Waals surface area contributed by atoms with Crippen molar-refractivity contribution in [2.24, 2.45) is 5.73 Å². The van der Waals surface area contributed by atoms with Gasteiger partial charge in [-0.05, 0) is 22.0 Å². The zero-order valence-electron chi connectivity index (χ0n) is 8.57. The molecular formula is C10H10BrClFNO3. The zero-order valence-corrected chi connectivity index (χ0v) is 11.0. The number of ether oxygens (including phenoxy) is 1. The van der Waals surface area contributed by atoms with Gasteiger partial charge in [0.15, 0.2) is 11.6 Å². The number of carboxylic acid groups (broad SMARTS) is 1. The molecule has 1 unspecified atom stereocenters. The number of fused-ring (bicyclic) bond motifs is 1. The van der Waals surface area contributed by atoms with E-state index in [-0.39, 0.29) is 41.2 Å². The summed E-state index contributed by atoms with van der Waals surface area (Å²) in [5.41, 5.74) is 4.37. The standard InChI is InChI=1S/C10H9BrFNO3.ClH/c11-6-2-1-5-8(7(6)12)16-4-3-10(5,13)9(14)15;/h1-2H,3-4,13H2,(H,14,15);1H. The molecule has 0 fully saturated rings. The fourth-order valence-corrected chi connectivity index (χ4v) is 2.01. The average Bonchev–Trinajstić information content (AvgIpc) is 2.24. The molecule has 4 nitrogen and oxygen atoms in total. The highest BCUT2D eigenvalue weighted by Crippen LogP contribution is 2.39. The number of hydrogen-bond donors (Lipinski definition) is 2. The minimum absolute atomic E-state index is 0. The molecule has 94 valence electrons. The molecule has 0 aliphatic carbocycles. The molecular weight excluding hydrogens is 316 g/mol. The molecule has 7 heteroatoms. The second-order valence-corrected chi connectivity index (χ2v) is 4.47. The number of halogens is 3. The Balaban J connectivity index is 0.00000144. The van der Waals surface area contributed by atoms with E-state index < -0.39 is 17.3 Å². The molecule has 0 bridgehead atoms. The number of nitrogens with two attached hydrogens (primary N) is 1. The third-order valence-electron chi connectivity index (χ3n) is 2.66. The fourth-order valence-electron chi connectivity index (χ4n) is 1.70. The van der Waals surface area contributed by atoms with Crippen LogP contribution in [-0.4, -0.2) is 17.7 Å². The number of hydrogen-bond acceptors (Lipinski definition) is 3. The van der Waals surface area contributed by atoms with E-state index >= 15 is 0 Å². The van der Waals surface area contributed by atoms with Crippen molar-refractivity contribution in [1.82, 2.24) is 0 Å². The van der Waals surface area contributed by atoms with Crippen LogP contribution in [0.15, 0.2) is 16.6 Å². The number of rotatable bonds is 1. The minimum Gasteiger partial charge on any atom is -0.490 e. The van der Waals surface area contributed by atoms with Gasteiger partial charge < -0.3 is 15.6 Å². The van der Waals surface area contributed by atoms with Crippen molar-refractivity contribution < 1.29 is 19.0 Å². The van der Waals surface area contributed by atoms with Crippen LogP contribution in [0.3, 0.4) is 0 Å². The van der Waals surface area contributed by atoms with Crippen molar-refractivity contribution in [2.75, 3.05) is 6.61 Å². The van der Waals surface area contributed by atoms with Crippen LogP contribution in [0.25, 0.3) is 0 Å². The first-order valence-corrected chi connectivity index (χ1v) is 5.39. The lowest BCUT2D eigenvalue weighted by Crippen LogP contribution is -2.48. The van der Waals surface area contributed by atoms with Crippen LogP contribution in [0.5, 0.6) is 5.75 Å². The maximum Gasteiger partial charge on any atom is 0.328 e. The van der Waals surface area contributed by atoms with Crippen molar-refractivity contribution in [2.45, 2.75) is 12.0 Å². The van der Waals surface area contributed by atoms with Crippen LogP contribution < -0.4 is 10.5 Å². The third-order valence-corrected chi connectivity index (χ3v) is 3.27. The predicted octanol–water partition coefficient (Wildman–Crippen LogP) is 2.03. The molecule has 2 rings (SSSR count). The molecule has 1 heterocycles. The largest absolute Gasteiger partial charge is 0.490 e. The molecule has 1 aromatic rings. The van der Waals surface area contributed by atoms with E-state index in [1.807, 2.05) is 0 Å². The third kappa shape index (κ3) is 2.12. The Morgan fingerprint density at radius 3 is 2.82 bits per heavy atom. The van der Waals surface area contributed by atoms with Crippen molar-refractivity contribution in [3.8, 4) is 5.75 Å². The van der Waals surface area contributed by atoms with Gasteiger partial charge in [0, 0.05) is 12.0 Å². The zero-order chi connectivity index (χ0) is 11.9. The highest BCUT2D eigenvalue weighted by Gasteiger charge is 2.42. The van der Waals surface area contributed by atoms with Gasteiger partial charge in [-0.3, -0.25) is 0 Å². The summed E-state index contributed by atoms with van der Waals surface area (Å²) >= 11 is 3.01. The molecule has 0 radical (unpaired) electrons. The maximum atomic E-state index is 13.7.